The smallest absolute Gasteiger partial charge is 0.260 e. The monoisotopic (exact) mass is 241 g/mol. The molecule has 2 aromatic rings. The second-order valence-electron chi connectivity index (χ2n) is 3.86. The molecule has 0 aromatic heterocycles. The van der Waals surface area contributed by atoms with Crippen LogP contribution in [0.15, 0.2) is 60.7 Å². The Morgan fingerprint density at radius 1 is 0.833 bits per heavy atom. The number of amides is 1. The van der Waals surface area contributed by atoms with Crippen LogP contribution in [0.3, 0.4) is 0 Å². The lowest BCUT2D eigenvalue weighted by atomic mass is 10.3. The standard InChI is InChI=1S/C14H15N3O/c15-13(18)14(16-11-7-3-1-4-8-11)17-12-9-5-2-6-10-12/h1-10,14,16-17H,(H2,15,18). The summed E-state index contributed by atoms with van der Waals surface area (Å²) in [6.07, 6.45) is -0.644. The molecule has 0 saturated carbocycles. The number of benzene rings is 2. The minimum absolute atomic E-state index is 0.456. The van der Waals surface area contributed by atoms with Gasteiger partial charge in [0.15, 0.2) is 6.17 Å². The minimum atomic E-state index is -0.644. The quantitative estimate of drug-likeness (QED) is 0.701. The van der Waals surface area contributed by atoms with E-state index in [1.807, 2.05) is 60.7 Å². The van der Waals surface area contributed by atoms with Crippen LogP contribution in [0.2, 0.25) is 0 Å². The maximum Gasteiger partial charge on any atom is 0.260 e. The summed E-state index contributed by atoms with van der Waals surface area (Å²) < 4.78 is 0. The summed E-state index contributed by atoms with van der Waals surface area (Å²) in [6.45, 7) is 0. The summed E-state index contributed by atoms with van der Waals surface area (Å²) >= 11 is 0. The van der Waals surface area contributed by atoms with Gasteiger partial charge in [-0.15, -0.1) is 0 Å². The fourth-order valence-corrected chi connectivity index (χ4v) is 1.58. The van der Waals surface area contributed by atoms with Gasteiger partial charge in [-0.1, -0.05) is 36.4 Å². The van der Waals surface area contributed by atoms with E-state index >= 15 is 0 Å². The highest BCUT2D eigenvalue weighted by Gasteiger charge is 2.14. The first-order valence-electron chi connectivity index (χ1n) is 5.68. The third-order valence-corrected chi connectivity index (χ3v) is 2.45. The summed E-state index contributed by atoms with van der Waals surface area (Å²) in [6, 6.07) is 18.9. The highest BCUT2D eigenvalue weighted by atomic mass is 16.1. The number of hydrogen-bond acceptors (Lipinski definition) is 3. The lowest BCUT2D eigenvalue weighted by Crippen LogP contribution is -2.41. The van der Waals surface area contributed by atoms with Crippen LogP contribution in [0.4, 0.5) is 11.4 Å². The lowest BCUT2D eigenvalue weighted by molar-refractivity contribution is -0.118. The first-order chi connectivity index (χ1) is 8.75. The molecular formula is C14H15N3O. The molecule has 4 N–H and O–H groups in total. The van der Waals surface area contributed by atoms with E-state index in [4.69, 9.17) is 5.73 Å². The first-order valence-corrected chi connectivity index (χ1v) is 5.68. The van der Waals surface area contributed by atoms with Crippen molar-refractivity contribution in [2.45, 2.75) is 6.17 Å². The molecule has 0 saturated heterocycles. The van der Waals surface area contributed by atoms with Gasteiger partial charge in [-0.25, -0.2) is 0 Å². The Balaban J connectivity index is 2.08. The fourth-order valence-electron chi connectivity index (χ4n) is 1.58. The third kappa shape index (κ3) is 3.25. The van der Waals surface area contributed by atoms with E-state index in [1.165, 1.54) is 0 Å². The summed E-state index contributed by atoms with van der Waals surface area (Å²) in [5.41, 5.74) is 7.04. The molecule has 2 rings (SSSR count). The molecule has 1 amide bonds. The number of hydrogen-bond donors (Lipinski definition) is 3. The largest absolute Gasteiger partial charge is 0.366 e. The number of nitrogens with one attached hydrogen (secondary N) is 2. The Bertz CT molecular complexity index is 457. The summed E-state index contributed by atoms with van der Waals surface area (Å²) in [7, 11) is 0. The Hall–Kier alpha value is -2.49. The first kappa shape index (κ1) is 12.0. The third-order valence-electron chi connectivity index (χ3n) is 2.45. The number of para-hydroxylation sites is 2. The Labute approximate surface area is 106 Å². The van der Waals surface area contributed by atoms with E-state index in [1.54, 1.807) is 0 Å². The van der Waals surface area contributed by atoms with Crippen molar-refractivity contribution in [2.24, 2.45) is 5.73 Å². The van der Waals surface area contributed by atoms with E-state index in [0.29, 0.717) is 0 Å². The van der Waals surface area contributed by atoms with E-state index in [0.717, 1.165) is 11.4 Å². The molecule has 4 nitrogen and oxygen atoms in total. The molecule has 0 heterocycles. The molecule has 0 unspecified atom stereocenters. The Morgan fingerprint density at radius 3 is 1.56 bits per heavy atom. The maximum absolute atomic E-state index is 11.4. The van der Waals surface area contributed by atoms with E-state index in [-0.39, 0.29) is 0 Å². The van der Waals surface area contributed by atoms with Gasteiger partial charge in [0, 0.05) is 11.4 Å². The zero-order chi connectivity index (χ0) is 12.8. The van der Waals surface area contributed by atoms with Gasteiger partial charge in [-0.05, 0) is 24.3 Å². The fraction of sp³-hybridized carbons (Fsp3) is 0.0714. The second kappa shape index (κ2) is 5.72. The van der Waals surface area contributed by atoms with Crippen LogP contribution < -0.4 is 16.4 Å². The average Bonchev–Trinajstić information content (AvgIpc) is 2.40. The second-order valence-corrected chi connectivity index (χ2v) is 3.86. The van der Waals surface area contributed by atoms with Gasteiger partial charge in [0.2, 0.25) is 0 Å². The van der Waals surface area contributed by atoms with Crippen molar-refractivity contribution in [1.29, 1.82) is 0 Å². The molecule has 0 spiro atoms. The molecule has 0 atom stereocenters. The Morgan fingerprint density at radius 2 is 1.22 bits per heavy atom. The number of nitrogens with two attached hydrogens (primary N) is 1. The van der Waals surface area contributed by atoms with Crippen molar-refractivity contribution in [3.05, 3.63) is 60.7 Å². The molecule has 0 bridgehead atoms. The van der Waals surface area contributed by atoms with Crippen LogP contribution >= 0.6 is 0 Å². The van der Waals surface area contributed by atoms with E-state index in [2.05, 4.69) is 10.6 Å². The predicted octanol–water partition coefficient (Wildman–Crippen LogP) is 2.02. The SMILES string of the molecule is NC(=O)C(Nc1ccccc1)Nc1ccccc1. The molecule has 18 heavy (non-hydrogen) atoms. The summed E-state index contributed by atoms with van der Waals surface area (Å²) in [5, 5.41) is 6.08. The van der Waals surface area contributed by atoms with Crippen LogP contribution in [0.5, 0.6) is 0 Å². The highest BCUT2D eigenvalue weighted by molar-refractivity contribution is 5.85. The van der Waals surface area contributed by atoms with E-state index in [9.17, 15) is 4.79 Å². The summed E-state index contributed by atoms with van der Waals surface area (Å²) in [4.78, 5) is 11.4. The van der Waals surface area contributed by atoms with Crippen molar-refractivity contribution >= 4 is 17.3 Å². The normalized spacial score (nSPS) is 10.1. The molecule has 92 valence electrons. The van der Waals surface area contributed by atoms with Crippen molar-refractivity contribution in [2.75, 3.05) is 10.6 Å². The topological polar surface area (TPSA) is 67.2 Å². The van der Waals surface area contributed by atoms with Gasteiger partial charge in [-0.3, -0.25) is 4.79 Å². The van der Waals surface area contributed by atoms with E-state index < -0.39 is 12.1 Å². The van der Waals surface area contributed by atoms with Crippen molar-refractivity contribution in [1.82, 2.24) is 0 Å². The Kier molecular flexibility index (Phi) is 3.81. The van der Waals surface area contributed by atoms with Crippen LogP contribution in [0.25, 0.3) is 0 Å². The lowest BCUT2D eigenvalue weighted by Gasteiger charge is -2.19. The van der Waals surface area contributed by atoms with Gasteiger partial charge in [0.05, 0.1) is 0 Å². The molecular weight excluding hydrogens is 226 g/mol. The number of carbonyl (C=O) groups excluding carboxylic acids is 1. The van der Waals surface area contributed by atoms with Crippen LogP contribution in [0, 0.1) is 0 Å². The number of primary amides is 1. The van der Waals surface area contributed by atoms with Gasteiger partial charge in [-0.2, -0.15) is 0 Å². The zero-order valence-electron chi connectivity index (χ0n) is 9.84. The average molecular weight is 241 g/mol. The molecule has 0 aliphatic rings. The molecule has 0 fully saturated rings. The number of carbonyl (C=O) groups is 1. The van der Waals surface area contributed by atoms with Crippen LogP contribution in [0.1, 0.15) is 0 Å². The predicted molar refractivity (Wildman–Crippen MR) is 73.1 cm³/mol. The van der Waals surface area contributed by atoms with Gasteiger partial charge < -0.3 is 16.4 Å². The number of rotatable bonds is 5. The van der Waals surface area contributed by atoms with Crippen molar-refractivity contribution < 1.29 is 4.79 Å². The molecule has 0 radical (unpaired) electrons. The minimum Gasteiger partial charge on any atom is -0.366 e. The molecule has 4 heteroatoms. The van der Waals surface area contributed by atoms with Crippen LogP contribution in [-0.4, -0.2) is 12.1 Å². The number of anilines is 2. The van der Waals surface area contributed by atoms with Crippen molar-refractivity contribution in [3.63, 3.8) is 0 Å². The van der Waals surface area contributed by atoms with Gasteiger partial charge >= 0.3 is 0 Å². The molecule has 0 aliphatic heterocycles. The van der Waals surface area contributed by atoms with Crippen molar-refractivity contribution in [3.8, 4) is 0 Å². The summed E-state index contributed by atoms with van der Waals surface area (Å²) in [5.74, 6) is -0.456. The van der Waals surface area contributed by atoms with Crippen LogP contribution in [-0.2, 0) is 4.79 Å². The van der Waals surface area contributed by atoms with Gasteiger partial charge in [0.25, 0.3) is 5.91 Å². The molecule has 0 aliphatic carbocycles. The zero-order valence-corrected chi connectivity index (χ0v) is 9.84. The maximum atomic E-state index is 11.4. The highest BCUT2D eigenvalue weighted by Crippen LogP contribution is 2.11. The molecule has 2 aromatic carbocycles. The van der Waals surface area contributed by atoms with Gasteiger partial charge in [0.1, 0.15) is 0 Å².